The number of benzene rings is 2. The van der Waals surface area contributed by atoms with E-state index in [1.54, 1.807) is 42.5 Å². The molecular formula is C22H29N3O6S2. The molecule has 9 nitrogen and oxygen atoms in total. The Morgan fingerprint density at radius 3 is 2.15 bits per heavy atom. The first-order valence-electron chi connectivity index (χ1n) is 10.6. The van der Waals surface area contributed by atoms with Gasteiger partial charge in [-0.05, 0) is 49.2 Å². The minimum Gasteiger partial charge on any atom is -0.383 e. The quantitative estimate of drug-likeness (QED) is 0.570. The number of hydrogen-bond donors (Lipinski definition) is 1. The molecule has 2 aromatic rings. The third-order valence-corrected chi connectivity index (χ3v) is 9.39. The number of methoxy groups -OCH3 is 1. The molecule has 3 rings (SSSR count). The number of carbonyl (C=O) groups excluding carboxylic acids is 1. The lowest BCUT2D eigenvalue weighted by Crippen LogP contribution is -2.49. The van der Waals surface area contributed by atoms with Crippen LogP contribution >= 0.6 is 0 Å². The highest BCUT2D eigenvalue weighted by atomic mass is 32.2. The number of piperidine rings is 1. The molecule has 0 spiro atoms. The van der Waals surface area contributed by atoms with Gasteiger partial charge in [0.2, 0.25) is 26.0 Å². The Labute approximate surface area is 195 Å². The first-order chi connectivity index (χ1) is 15.7. The highest BCUT2D eigenvalue weighted by Gasteiger charge is 2.36. The summed E-state index contributed by atoms with van der Waals surface area (Å²) in [7, 11) is -5.96. The standard InChI is InChI=1S/C22H29N3O6S2/c1-18(26)23-19-8-10-22(11-9-19)32(27,28)24-14-12-20(13-15-24)25(16-17-31-2)33(29,30)21-6-4-3-5-7-21/h3-11,20H,12-17H2,1-2H3,(H,23,26). The molecule has 0 bridgehead atoms. The zero-order chi connectivity index (χ0) is 24.1. The molecule has 2 aromatic carbocycles. The molecule has 1 heterocycles. The van der Waals surface area contributed by atoms with Gasteiger partial charge in [0.05, 0.1) is 16.4 Å². The van der Waals surface area contributed by atoms with Gasteiger partial charge in [-0.25, -0.2) is 16.8 Å². The fraction of sp³-hybridized carbons (Fsp3) is 0.409. The topological polar surface area (TPSA) is 113 Å². The highest BCUT2D eigenvalue weighted by molar-refractivity contribution is 7.89. The second-order valence-corrected chi connectivity index (χ2v) is 11.6. The Morgan fingerprint density at radius 2 is 1.61 bits per heavy atom. The molecule has 11 heteroatoms. The highest BCUT2D eigenvalue weighted by Crippen LogP contribution is 2.27. The van der Waals surface area contributed by atoms with Crippen molar-refractivity contribution in [3.8, 4) is 0 Å². The number of rotatable bonds is 9. The van der Waals surface area contributed by atoms with Crippen LogP contribution in [0.15, 0.2) is 64.4 Å². The molecular weight excluding hydrogens is 466 g/mol. The van der Waals surface area contributed by atoms with Crippen molar-refractivity contribution < 1.29 is 26.4 Å². The van der Waals surface area contributed by atoms with Crippen molar-refractivity contribution in [2.24, 2.45) is 0 Å². The third-order valence-electron chi connectivity index (χ3n) is 5.51. The van der Waals surface area contributed by atoms with Gasteiger partial charge in [0.15, 0.2) is 0 Å². The fourth-order valence-corrected chi connectivity index (χ4v) is 7.00. The van der Waals surface area contributed by atoms with Gasteiger partial charge in [-0.3, -0.25) is 4.79 Å². The van der Waals surface area contributed by atoms with E-state index in [1.165, 1.54) is 34.8 Å². The zero-order valence-corrected chi connectivity index (χ0v) is 20.3. The molecule has 33 heavy (non-hydrogen) atoms. The Morgan fingerprint density at radius 1 is 1.00 bits per heavy atom. The number of anilines is 1. The predicted octanol–water partition coefficient (Wildman–Crippen LogP) is 2.14. The summed E-state index contributed by atoms with van der Waals surface area (Å²) in [6.45, 7) is 2.21. The lowest BCUT2D eigenvalue weighted by atomic mass is 10.1. The number of ether oxygens (including phenoxy) is 1. The van der Waals surface area contributed by atoms with Crippen LogP contribution in [0.5, 0.6) is 0 Å². The predicted molar refractivity (Wildman–Crippen MR) is 125 cm³/mol. The van der Waals surface area contributed by atoms with Crippen LogP contribution in [-0.2, 0) is 29.6 Å². The van der Waals surface area contributed by atoms with E-state index in [0.29, 0.717) is 18.5 Å². The monoisotopic (exact) mass is 495 g/mol. The van der Waals surface area contributed by atoms with Crippen LogP contribution in [0.4, 0.5) is 5.69 Å². The molecule has 0 atom stereocenters. The van der Waals surface area contributed by atoms with Crippen LogP contribution in [-0.4, -0.2) is 70.7 Å². The van der Waals surface area contributed by atoms with Crippen LogP contribution in [0, 0.1) is 0 Å². The van der Waals surface area contributed by atoms with Crippen LogP contribution < -0.4 is 5.32 Å². The number of nitrogens with zero attached hydrogens (tertiary/aromatic N) is 2. The maximum absolute atomic E-state index is 13.3. The second kappa shape index (κ2) is 10.7. The van der Waals surface area contributed by atoms with Crippen LogP contribution in [0.3, 0.4) is 0 Å². The Balaban J connectivity index is 1.74. The molecule has 1 saturated heterocycles. The van der Waals surface area contributed by atoms with E-state index in [4.69, 9.17) is 4.74 Å². The summed E-state index contributed by atoms with van der Waals surface area (Å²) >= 11 is 0. The SMILES string of the molecule is COCCN(C1CCN(S(=O)(=O)c2ccc(NC(C)=O)cc2)CC1)S(=O)(=O)c1ccccc1. The summed E-state index contributed by atoms with van der Waals surface area (Å²) in [6, 6.07) is 13.9. The summed E-state index contributed by atoms with van der Waals surface area (Å²) in [5.74, 6) is -0.240. The molecule has 0 aromatic heterocycles. The summed E-state index contributed by atoms with van der Waals surface area (Å²) in [5.41, 5.74) is 0.514. The molecule has 180 valence electrons. The van der Waals surface area contributed by atoms with Crippen LogP contribution in [0.25, 0.3) is 0 Å². The fourth-order valence-electron chi connectivity index (χ4n) is 3.84. The molecule has 1 amide bonds. The Hall–Kier alpha value is -2.31. The maximum atomic E-state index is 13.3. The van der Waals surface area contributed by atoms with Gasteiger partial charge >= 0.3 is 0 Å². The summed E-state index contributed by atoms with van der Waals surface area (Å²) in [4.78, 5) is 11.5. The number of amides is 1. The van der Waals surface area contributed by atoms with E-state index in [0.717, 1.165) is 0 Å². The number of carbonyl (C=O) groups is 1. The van der Waals surface area contributed by atoms with Gasteiger partial charge in [0.1, 0.15) is 0 Å². The van der Waals surface area contributed by atoms with Gasteiger partial charge in [-0.2, -0.15) is 8.61 Å². The first-order valence-corrected chi connectivity index (χ1v) is 13.5. The van der Waals surface area contributed by atoms with E-state index in [9.17, 15) is 21.6 Å². The molecule has 0 unspecified atom stereocenters. The number of nitrogens with one attached hydrogen (secondary N) is 1. The van der Waals surface area contributed by atoms with Crippen molar-refractivity contribution in [1.82, 2.24) is 8.61 Å². The van der Waals surface area contributed by atoms with Gasteiger partial charge in [-0.15, -0.1) is 0 Å². The molecule has 1 aliphatic heterocycles. The molecule has 1 fully saturated rings. The van der Waals surface area contributed by atoms with E-state index in [2.05, 4.69) is 5.32 Å². The lowest BCUT2D eigenvalue weighted by molar-refractivity contribution is -0.114. The molecule has 1 aliphatic rings. The van der Waals surface area contributed by atoms with Crippen molar-refractivity contribution in [3.05, 3.63) is 54.6 Å². The minimum atomic E-state index is -3.74. The average molecular weight is 496 g/mol. The smallest absolute Gasteiger partial charge is 0.243 e. The number of hydrogen-bond acceptors (Lipinski definition) is 6. The van der Waals surface area contributed by atoms with Crippen molar-refractivity contribution in [3.63, 3.8) is 0 Å². The van der Waals surface area contributed by atoms with Crippen molar-refractivity contribution >= 4 is 31.6 Å². The second-order valence-electron chi connectivity index (χ2n) is 7.76. The number of sulfonamides is 2. The van der Waals surface area contributed by atoms with Gasteiger partial charge < -0.3 is 10.1 Å². The summed E-state index contributed by atoms with van der Waals surface area (Å²) in [6.07, 6.45) is 0.748. The minimum absolute atomic E-state index is 0.128. The van der Waals surface area contributed by atoms with E-state index in [1.807, 2.05) is 0 Å². The molecule has 0 radical (unpaired) electrons. The maximum Gasteiger partial charge on any atom is 0.243 e. The zero-order valence-electron chi connectivity index (χ0n) is 18.7. The Bertz CT molecular complexity index is 1140. The molecule has 0 saturated carbocycles. The molecule has 0 aliphatic carbocycles. The van der Waals surface area contributed by atoms with Gasteiger partial charge in [0.25, 0.3) is 0 Å². The van der Waals surface area contributed by atoms with E-state index >= 15 is 0 Å². The van der Waals surface area contributed by atoms with Crippen molar-refractivity contribution in [2.75, 3.05) is 38.7 Å². The summed E-state index contributed by atoms with van der Waals surface area (Å²) < 4.78 is 60.6. The van der Waals surface area contributed by atoms with Gasteiger partial charge in [-0.1, -0.05) is 18.2 Å². The van der Waals surface area contributed by atoms with E-state index in [-0.39, 0.29) is 48.0 Å². The van der Waals surface area contributed by atoms with Crippen LogP contribution in [0.2, 0.25) is 0 Å². The van der Waals surface area contributed by atoms with Crippen molar-refractivity contribution in [1.29, 1.82) is 0 Å². The van der Waals surface area contributed by atoms with Crippen LogP contribution in [0.1, 0.15) is 19.8 Å². The average Bonchev–Trinajstić information content (AvgIpc) is 2.80. The van der Waals surface area contributed by atoms with Crippen molar-refractivity contribution in [2.45, 2.75) is 35.6 Å². The Kier molecular flexibility index (Phi) is 8.24. The largest absolute Gasteiger partial charge is 0.383 e. The first kappa shape index (κ1) is 25.3. The normalized spacial score (nSPS) is 16.1. The third kappa shape index (κ3) is 5.98. The summed E-state index contributed by atoms with van der Waals surface area (Å²) in [5, 5.41) is 2.61. The van der Waals surface area contributed by atoms with E-state index < -0.39 is 20.0 Å². The lowest BCUT2D eigenvalue weighted by Gasteiger charge is -2.37. The van der Waals surface area contributed by atoms with Gasteiger partial charge in [0, 0.05) is 45.4 Å². The molecule has 1 N–H and O–H groups in total.